The van der Waals surface area contributed by atoms with Crippen molar-refractivity contribution >= 4 is 5.91 Å². The number of nitrogens with zero attached hydrogens (tertiary/aromatic N) is 1. The van der Waals surface area contributed by atoms with Crippen LogP contribution in [-0.2, 0) is 4.79 Å². The van der Waals surface area contributed by atoms with Crippen LogP contribution in [0.25, 0.3) is 0 Å². The van der Waals surface area contributed by atoms with E-state index < -0.39 is 0 Å². The van der Waals surface area contributed by atoms with Gasteiger partial charge in [-0.05, 0) is 44.6 Å². The molecule has 0 aliphatic carbocycles. The minimum Gasteiger partial charge on any atom is -0.340 e. The third kappa shape index (κ3) is 3.48. The number of carbonyl (C=O) groups is 1. The number of carbonyl (C=O) groups excluding carboxylic acids is 1. The Morgan fingerprint density at radius 3 is 2.81 bits per heavy atom. The third-order valence-corrected chi connectivity index (χ3v) is 3.95. The first-order valence-corrected chi connectivity index (χ1v) is 6.55. The summed E-state index contributed by atoms with van der Waals surface area (Å²) in [5.74, 6) is 1.42. The number of piperidine rings is 1. The van der Waals surface area contributed by atoms with Gasteiger partial charge in [-0.15, -0.1) is 0 Å². The summed E-state index contributed by atoms with van der Waals surface area (Å²) in [6, 6.07) is 0.412. The fourth-order valence-corrected chi connectivity index (χ4v) is 2.32. The molecule has 1 fully saturated rings. The quantitative estimate of drug-likeness (QED) is 0.797. The van der Waals surface area contributed by atoms with Crippen LogP contribution in [0.15, 0.2) is 0 Å². The van der Waals surface area contributed by atoms with Gasteiger partial charge in [-0.25, -0.2) is 0 Å². The van der Waals surface area contributed by atoms with Gasteiger partial charge in [-0.1, -0.05) is 13.8 Å². The van der Waals surface area contributed by atoms with Gasteiger partial charge >= 0.3 is 0 Å². The van der Waals surface area contributed by atoms with Crippen molar-refractivity contribution in [3.63, 3.8) is 0 Å². The lowest BCUT2D eigenvalue weighted by Crippen LogP contribution is -2.46. The van der Waals surface area contributed by atoms with Crippen molar-refractivity contribution in [3.05, 3.63) is 0 Å². The highest BCUT2D eigenvalue weighted by molar-refractivity contribution is 5.76. The predicted molar refractivity (Wildman–Crippen MR) is 67.0 cm³/mol. The summed E-state index contributed by atoms with van der Waals surface area (Å²) in [5.41, 5.74) is 5.56. The summed E-state index contributed by atoms with van der Waals surface area (Å²) in [6.07, 6.45) is 4.00. The second kappa shape index (κ2) is 6.24. The van der Waals surface area contributed by atoms with Gasteiger partial charge in [-0.3, -0.25) is 4.79 Å². The Morgan fingerprint density at radius 1 is 1.50 bits per heavy atom. The molecule has 0 radical (unpaired) electrons. The molecule has 0 bridgehead atoms. The molecule has 1 saturated heterocycles. The zero-order valence-corrected chi connectivity index (χ0v) is 10.9. The van der Waals surface area contributed by atoms with Crippen LogP contribution < -0.4 is 5.73 Å². The van der Waals surface area contributed by atoms with Crippen LogP contribution in [-0.4, -0.2) is 29.9 Å². The van der Waals surface area contributed by atoms with E-state index in [0.29, 0.717) is 36.8 Å². The van der Waals surface area contributed by atoms with Gasteiger partial charge in [0.15, 0.2) is 0 Å². The summed E-state index contributed by atoms with van der Waals surface area (Å²) >= 11 is 0. The third-order valence-electron chi connectivity index (χ3n) is 3.95. The van der Waals surface area contributed by atoms with E-state index in [-0.39, 0.29) is 0 Å². The molecular formula is C13H26N2O. The maximum Gasteiger partial charge on any atom is 0.222 e. The molecule has 0 saturated carbocycles. The van der Waals surface area contributed by atoms with Crippen molar-refractivity contribution in [1.82, 2.24) is 4.90 Å². The Balaban J connectivity index is 2.40. The number of rotatable bonds is 4. The SMILES string of the molecule is CC(CN)CCC(=O)N1CCCC(C)C1C. The van der Waals surface area contributed by atoms with Crippen LogP contribution >= 0.6 is 0 Å². The maximum absolute atomic E-state index is 12.1. The maximum atomic E-state index is 12.1. The van der Waals surface area contributed by atoms with Gasteiger partial charge in [-0.2, -0.15) is 0 Å². The smallest absolute Gasteiger partial charge is 0.222 e. The van der Waals surface area contributed by atoms with E-state index in [0.717, 1.165) is 19.4 Å². The van der Waals surface area contributed by atoms with Gasteiger partial charge in [0.05, 0.1) is 0 Å². The molecule has 3 nitrogen and oxygen atoms in total. The lowest BCUT2D eigenvalue weighted by molar-refractivity contribution is -0.136. The van der Waals surface area contributed by atoms with E-state index in [1.54, 1.807) is 0 Å². The Labute approximate surface area is 99.4 Å². The largest absolute Gasteiger partial charge is 0.340 e. The van der Waals surface area contributed by atoms with Crippen LogP contribution in [0.4, 0.5) is 0 Å². The summed E-state index contributed by atoms with van der Waals surface area (Å²) in [5, 5.41) is 0. The molecule has 0 aromatic rings. The lowest BCUT2D eigenvalue weighted by atomic mass is 9.91. The molecule has 0 aromatic carbocycles. The normalized spacial score (nSPS) is 27.9. The molecule has 1 heterocycles. The predicted octanol–water partition coefficient (Wildman–Crippen LogP) is 2.01. The standard InChI is InChI=1S/C13H26N2O/c1-10(9-14)6-7-13(16)15-8-4-5-11(2)12(15)3/h10-12H,4-9,14H2,1-3H3. The minimum absolute atomic E-state index is 0.319. The highest BCUT2D eigenvalue weighted by Crippen LogP contribution is 2.23. The number of hydrogen-bond donors (Lipinski definition) is 1. The lowest BCUT2D eigenvalue weighted by Gasteiger charge is -2.38. The first-order valence-electron chi connectivity index (χ1n) is 6.55. The van der Waals surface area contributed by atoms with E-state index >= 15 is 0 Å². The van der Waals surface area contributed by atoms with Crippen molar-refractivity contribution in [3.8, 4) is 0 Å². The monoisotopic (exact) mass is 226 g/mol. The molecule has 1 aliphatic heterocycles. The molecule has 1 aliphatic rings. The highest BCUT2D eigenvalue weighted by atomic mass is 16.2. The Kier molecular flexibility index (Phi) is 5.26. The van der Waals surface area contributed by atoms with E-state index in [1.807, 2.05) is 0 Å². The number of amides is 1. The summed E-state index contributed by atoms with van der Waals surface area (Å²) in [7, 11) is 0. The van der Waals surface area contributed by atoms with Crippen LogP contribution in [0.1, 0.15) is 46.5 Å². The molecule has 94 valence electrons. The van der Waals surface area contributed by atoms with Crippen molar-refractivity contribution in [2.75, 3.05) is 13.1 Å². The van der Waals surface area contributed by atoms with Crippen LogP contribution in [0, 0.1) is 11.8 Å². The zero-order chi connectivity index (χ0) is 12.1. The zero-order valence-electron chi connectivity index (χ0n) is 10.9. The second-order valence-electron chi connectivity index (χ2n) is 5.33. The molecule has 0 aromatic heterocycles. The molecule has 2 N–H and O–H groups in total. The van der Waals surface area contributed by atoms with E-state index in [2.05, 4.69) is 25.7 Å². The number of likely N-dealkylation sites (tertiary alicyclic amines) is 1. The summed E-state index contributed by atoms with van der Waals surface area (Å²) < 4.78 is 0. The molecule has 0 spiro atoms. The van der Waals surface area contributed by atoms with Crippen molar-refractivity contribution < 1.29 is 4.79 Å². The average Bonchev–Trinajstić information content (AvgIpc) is 2.29. The minimum atomic E-state index is 0.319. The molecular weight excluding hydrogens is 200 g/mol. The van der Waals surface area contributed by atoms with Crippen molar-refractivity contribution in [2.24, 2.45) is 17.6 Å². The number of hydrogen-bond acceptors (Lipinski definition) is 2. The Hall–Kier alpha value is -0.570. The number of nitrogens with two attached hydrogens (primary N) is 1. The Bertz CT molecular complexity index is 230. The van der Waals surface area contributed by atoms with Crippen LogP contribution in [0.3, 0.4) is 0 Å². The molecule has 16 heavy (non-hydrogen) atoms. The van der Waals surface area contributed by atoms with Gasteiger partial charge in [0, 0.05) is 19.0 Å². The van der Waals surface area contributed by atoms with Gasteiger partial charge in [0.2, 0.25) is 5.91 Å². The topological polar surface area (TPSA) is 46.3 Å². The van der Waals surface area contributed by atoms with E-state index in [9.17, 15) is 4.79 Å². The molecule has 3 atom stereocenters. The molecule has 3 heteroatoms. The fourth-order valence-electron chi connectivity index (χ4n) is 2.32. The Morgan fingerprint density at radius 2 is 2.19 bits per heavy atom. The second-order valence-corrected chi connectivity index (χ2v) is 5.33. The van der Waals surface area contributed by atoms with Crippen LogP contribution in [0.2, 0.25) is 0 Å². The fraction of sp³-hybridized carbons (Fsp3) is 0.923. The summed E-state index contributed by atoms with van der Waals surface area (Å²) in [4.78, 5) is 14.1. The molecule has 1 amide bonds. The van der Waals surface area contributed by atoms with Gasteiger partial charge < -0.3 is 10.6 Å². The first-order chi connectivity index (χ1) is 7.56. The van der Waals surface area contributed by atoms with Crippen molar-refractivity contribution in [2.45, 2.75) is 52.5 Å². The molecule has 1 rings (SSSR count). The molecule has 3 unspecified atom stereocenters. The van der Waals surface area contributed by atoms with Gasteiger partial charge in [0.25, 0.3) is 0 Å². The van der Waals surface area contributed by atoms with E-state index in [4.69, 9.17) is 5.73 Å². The summed E-state index contributed by atoms with van der Waals surface area (Å²) in [6.45, 7) is 8.15. The van der Waals surface area contributed by atoms with Gasteiger partial charge in [0.1, 0.15) is 0 Å². The average molecular weight is 226 g/mol. The first kappa shape index (κ1) is 13.5. The van der Waals surface area contributed by atoms with E-state index in [1.165, 1.54) is 6.42 Å². The van der Waals surface area contributed by atoms with Crippen molar-refractivity contribution in [1.29, 1.82) is 0 Å². The van der Waals surface area contributed by atoms with Crippen LogP contribution in [0.5, 0.6) is 0 Å². The highest BCUT2D eigenvalue weighted by Gasteiger charge is 2.27.